The Balaban J connectivity index is 2.03. The highest BCUT2D eigenvalue weighted by atomic mass is 32.2. The van der Waals surface area contributed by atoms with Gasteiger partial charge in [0.15, 0.2) is 0 Å². The van der Waals surface area contributed by atoms with E-state index < -0.39 is 0 Å². The van der Waals surface area contributed by atoms with Crippen molar-refractivity contribution < 1.29 is 0 Å². The number of hydrogen-bond donors (Lipinski definition) is 1. The van der Waals surface area contributed by atoms with Gasteiger partial charge in [0, 0.05) is 16.7 Å². The lowest BCUT2D eigenvalue weighted by molar-refractivity contribution is 0.565. The molecule has 1 aromatic rings. The Kier molecular flexibility index (Phi) is 3.71. The maximum atomic E-state index is 3.46. The van der Waals surface area contributed by atoms with Gasteiger partial charge in [-0.1, -0.05) is 19.1 Å². The minimum atomic E-state index is 0.585. The summed E-state index contributed by atoms with van der Waals surface area (Å²) in [6, 6.07) is 7.55. The lowest BCUT2D eigenvalue weighted by atomic mass is 10.0. The van der Waals surface area contributed by atoms with Crippen molar-refractivity contribution in [2.45, 2.75) is 37.6 Å². The first-order valence-corrected chi connectivity index (χ1v) is 6.76. The number of likely N-dealkylation sites (N-methyl/N-ethyl adjacent to an activating group) is 1. The van der Waals surface area contributed by atoms with Gasteiger partial charge >= 0.3 is 0 Å². The highest BCUT2D eigenvalue weighted by molar-refractivity contribution is 7.99. The molecular weight excluding hydrogens is 202 g/mol. The van der Waals surface area contributed by atoms with Gasteiger partial charge in [-0.05, 0) is 43.5 Å². The van der Waals surface area contributed by atoms with Crippen molar-refractivity contribution in [2.75, 3.05) is 12.3 Å². The molecule has 1 nitrogen and oxygen atoms in total. The van der Waals surface area contributed by atoms with E-state index in [0.29, 0.717) is 6.04 Å². The van der Waals surface area contributed by atoms with E-state index in [1.807, 2.05) is 11.8 Å². The maximum absolute atomic E-state index is 3.46. The van der Waals surface area contributed by atoms with E-state index in [4.69, 9.17) is 0 Å². The zero-order chi connectivity index (χ0) is 10.7. The second-order valence-corrected chi connectivity index (χ2v) is 5.34. The van der Waals surface area contributed by atoms with E-state index in [1.54, 1.807) is 5.56 Å². The highest BCUT2D eigenvalue weighted by Gasteiger charge is 2.12. The molecule has 1 aliphatic rings. The second kappa shape index (κ2) is 5.04. The number of hydrogen-bond acceptors (Lipinski definition) is 2. The fraction of sp³-hybridized carbons (Fsp3) is 0.538. The van der Waals surface area contributed by atoms with Crippen LogP contribution in [-0.4, -0.2) is 18.3 Å². The molecule has 0 spiro atoms. The molecule has 0 saturated carbocycles. The molecule has 1 heterocycles. The van der Waals surface area contributed by atoms with Crippen LogP contribution < -0.4 is 5.32 Å². The van der Waals surface area contributed by atoms with Crippen LogP contribution in [0.4, 0.5) is 0 Å². The van der Waals surface area contributed by atoms with Gasteiger partial charge in [-0.2, -0.15) is 0 Å². The third-order valence-corrected chi connectivity index (χ3v) is 3.97. The summed E-state index contributed by atoms with van der Waals surface area (Å²) in [5, 5.41) is 3.46. The molecule has 0 radical (unpaired) electrons. The largest absolute Gasteiger partial charge is 0.314 e. The fourth-order valence-corrected chi connectivity index (χ4v) is 3.19. The van der Waals surface area contributed by atoms with Gasteiger partial charge in [-0.25, -0.2) is 0 Å². The van der Waals surface area contributed by atoms with Crippen molar-refractivity contribution in [1.82, 2.24) is 5.32 Å². The Morgan fingerprint density at radius 2 is 2.33 bits per heavy atom. The highest BCUT2D eigenvalue weighted by Crippen LogP contribution is 2.31. The fourth-order valence-electron chi connectivity index (χ4n) is 2.14. The van der Waals surface area contributed by atoms with Gasteiger partial charge in [0.25, 0.3) is 0 Å². The normalized spacial score (nSPS) is 16.4. The summed E-state index contributed by atoms with van der Waals surface area (Å²) in [6.07, 6.45) is 2.40. The summed E-state index contributed by atoms with van der Waals surface area (Å²) in [7, 11) is 0. The molecule has 0 aliphatic carbocycles. The number of benzene rings is 1. The van der Waals surface area contributed by atoms with Crippen LogP contribution >= 0.6 is 11.8 Å². The number of rotatable bonds is 4. The number of thioether (sulfide) groups is 1. The minimum Gasteiger partial charge on any atom is -0.314 e. The standard InChI is InChI=1S/C13H19NS/c1-3-14-10(2)8-11-4-5-13-12(9-11)6-7-15-13/h4-5,9-10,14H,3,6-8H2,1-2H3. The molecule has 0 bridgehead atoms. The van der Waals surface area contributed by atoms with Crippen molar-refractivity contribution in [2.24, 2.45) is 0 Å². The Bertz CT molecular complexity index is 335. The molecule has 1 aliphatic heterocycles. The summed E-state index contributed by atoms with van der Waals surface area (Å²) >= 11 is 1.99. The Hall–Kier alpha value is -0.470. The van der Waals surface area contributed by atoms with Crippen molar-refractivity contribution >= 4 is 11.8 Å². The molecule has 0 amide bonds. The van der Waals surface area contributed by atoms with Crippen LogP contribution in [0.25, 0.3) is 0 Å². The van der Waals surface area contributed by atoms with Crippen LogP contribution in [0, 0.1) is 0 Å². The Morgan fingerprint density at radius 1 is 1.47 bits per heavy atom. The third-order valence-electron chi connectivity index (χ3n) is 2.85. The quantitative estimate of drug-likeness (QED) is 0.839. The molecule has 0 fully saturated rings. The average molecular weight is 221 g/mol. The predicted octanol–water partition coefficient (Wildman–Crippen LogP) is 2.88. The van der Waals surface area contributed by atoms with E-state index in [-0.39, 0.29) is 0 Å². The summed E-state index contributed by atoms with van der Waals surface area (Å²) in [4.78, 5) is 1.50. The lowest BCUT2D eigenvalue weighted by Gasteiger charge is -2.12. The third kappa shape index (κ3) is 2.76. The summed E-state index contributed by atoms with van der Waals surface area (Å²) in [5.41, 5.74) is 3.03. The smallest absolute Gasteiger partial charge is 0.0105 e. The van der Waals surface area contributed by atoms with Gasteiger partial charge in [0.05, 0.1) is 0 Å². The summed E-state index contributed by atoms with van der Waals surface area (Å²) < 4.78 is 0. The number of fused-ring (bicyclic) bond motifs is 1. The van der Waals surface area contributed by atoms with Crippen LogP contribution in [0.15, 0.2) is 23.1 Å². The van der Waals surface area contributed by atoms with Gasteiger partial charge < -0.3 is 5.32 Å². The molecule has 2 heteroatoms. The first-order chi connectivity index (χ1) is 7.29. The second-order valence-electron chi connectivity index (χ2n) is 4.20. The molecular formula is C13H19NS. The van der Waals surface area contributed by atoms with Crippen molar-refractivity contribution in [3.63, 3.8) is 0 Å². The van der Waals surface area contributed by atoms with E-state index in [9.17, 15) is 0 Å². The van der Waals surface area contributed by atoms with Gasteiger partial charge in [0.1, 0.15) is 0 Å². The average Bonchev–Trinajstić information content (AvgIpc) is 2.65. The first kappa shape index (κ1) is 11.0. The van der Waals surface area contributed by atoms with Crippen LogP contribution in [0.1, 0.15) is 25.0 Å². The first-order valence-electron chi connectivity index (χ1n) is 5.77. The van der Waals surface area contributed by atoms with Crippen LogP contribution in [0.3, 0.4) is 0 Å². The topological polar surface area (TPSA) is 12.0 Å². The minimum absolute atomic E-state index is 0.585. The molecule has 1 N–H and O–H groups in total. The molecule has 15 heavy (non-hydrogen) atoms. The zero-order valence-electron chi connectivity index (χ0n) is 9.55. The molecule has 1 atom stereocenters. The number of aryl methyl sites for hydroxylation is 1. The molecule has 0 aromatic heterocycles. The van der Waals surface area contributed by atoms with Crippen molar-refractivity contribution in [3.05, 3.63) is 29.3 Å². The van der Waals surface area contributed by atoms with Crippen molar-refractivity contribution in [3.8, 4) is 0 Å². The summed E-state index contributed by atoms with van der Waals surface area (Å²) in [5.74, 6) is 1.27. The molecule has 82 valence electrons. The van der Waals surface area contributed by atoms with Gasteiger partial charge in [0.2, 0.25) is 0 Å². The van der Waals surface area contributed by atoms with Crippen LogP contribution in [-0.2, 0) is 12.8 Å². The molecule has 0 saturated heterocycles. The van der Waals surface area contributed by atoms with Crippen molar-refractivity contribution in [1.29, 1.82) is 0 Å². The van der Waals surface area contributed by atoms with E-state index in [2.05, 4.69) is 37.4 Å². The molecule has 1 aromatic carbocycles. The Labute approximate surface area is 96.7 Å². The number of nitrogens with one attached hydrogen (secondary N) is 1. The molecule has 1 unspecified atom stereocenters. The zero-order valence-corrected chi connectivity index (χ0v) is 10.4. The van der Waals surface area contributed by atoms with E-state index >= 15 is 0 Å². The monoisotopic (exact) mass is 221 g/mol. The van der Waals surface area contributed by atoms with E-state index in [1.165, 1.54) is 22.6 Å². The lowest BCUT2D eigenvalue weighted by Crippen LogP contribution is -2.27. The Morgan fingerprint density at radius 3 is 3.13 bits per heavy atom. The summed E-state index contributed by atoms with van der Waals surface area (Å²) in [6.45, 7) is 5.48. The predicted molar refractivity (Wildman–Crippen MR) is 67.7 cm³/mol. The van der Waals surface area contributed by atoms with E-state index in [0.717, 1.165) is 13.0 Å². The van der Waals surface area contributed by atoms with Crippen LogP contribution in [0.2, 0.25) is 0 Å². The maximum Gasteiger partial charge on any atom is 0.0105 e. The van der Waals surface area contributed by atoms with Gasteiger partial charge in [-0.3, -0.25) is 0 Å². The SMILES string of the molecule is CCNC(C)Cc1ccc2c(c1)CCS2. The molecule has 2 rings (SSSR count). The van der Waals surface area contributed by atoms with Gasteiger partial charge in [-0.15, -0.1) is 11.8 Å². The van der Waals surface area contributed by atoms with Crippen LogP contribution in [0.5, 0.6) is 0 Å².